The fourth-order valence-electron chi connectivity index (χ4n) is 0.872. The molecule has 0 aromatic carbocycles. The standard InChI is InChI=1S/C11H13NO.C4H8.C2H6/c1-8(2)10-5-6-11(12-7-10)13-9(3)4;1-3-4-2;1-2/h5-7H,1,3H2,2,4H3;3-4H,1-2H3;1-2H3/b;4-3-;. The molecule has 1 aromatic rings. The highest BCUT2D eigenvalue weighted by Crippen LogP contribution is 2.14. The van der Waals surface area contributed by atoms with Crippen LogP contribution in [0.15, 0.2) is 49.4 Å². The van der Waals surface area contributed by atoms with Crippen molar-refractivity contribution in [3.8, 4) is 5.88 Å². The summed E-state index contributed by atoms with van der Waals surface area (Å²) in [6.07, 6.45) is 5.74. The summed E-state index contributed by atoms with van der Waals surface area (Å²) in [5.74, 6) is 1.20. The highest BCUT2D eigenvalue weighted by Gasteiger charge is 1.96. The number of pyridine rings is 1. The highest BCUT2D eigenvalue weighted by atomic mass is 16.5. The van der Waals surface area contributed by atoms with Crippen LogP contribution in [-0.2, 0) is 0 Å². The van der Waals surface area contributed by atoms with Crippen LogP contribution >= 0.6 is 0 Å². The molecule has 1 aromatic heterocycles. The zero-order valence-corrected chi connectivity index (χ0v) is 13.2. The molecule has 0 atom stereocenters. The maximum Gasteiger partial charge on any atom is 0.218 e. The normalized spacial score (nSPS) is 8.74. The van der Waals surface area contributed by atoms with Crippen LogP contribution in [0.4, 0.5) is 0 Å². The number of hydrogen-bond acceptors (Lipinski definition) is 2. The molecule has 0 aliphatic rings. The molecule has 0 radical (unpaired) electrons. The minimum absolute atomic E-state index is 0.567. The van der Waals surface area contributed by atoms with Crippen LogP contribution in [0.1, 0.15) is 47.1 Å². The second kappa shape index (κ2) is 12.6. The van der Waals surface area contributed by atoms with E-state index in [1.807, 2.05) is 52.8 Å². The van der Waals surface area contributed by atoms with Crippen molar-refractivity contribution in [2.24, 2.45) is 0 Å². The second-order valence-electron chi connectivity index (χ2n) is 3.64. The largest absolute Gasteiger partial charge is 0.444 e. The van der Waals surface area contributed by atoms with Crippen molar-refractivity contribution in [1.82, 2.24) is 4.98 Å². The van der Waals surface area contributed by atoms with Gasteiger partial charge in [0.05, 0.1) is 5.76 Å². The summed E-state index contributed by atoms with van der Waals surface area (Å²) in [6, 6.07) is 3.73. The van der Waals surface area contributed by atoms with Crippen molar-refractivity contribution in [3.05, 3.63) is 55.0 Å². The minimum atomic E-state index is 0.567. The highest BCUT2D eigenvalue weighted by molar-refractivity contribution is 5.60. The van der Waals surface area contributed by atoms with Gasteiger partial charge in [0.2, 0.25) is 5.88 Å². The zero-order chi connectivity index (χ0) is 15.3. The lowest BCUT2D eigenvalue weighted by Gasteiger charge is -2.03. The Morgan fingerprint density at radius 2 is 1.63 bits per heavy atom. The Labute approximate surface area is 118 Å². The Hall–Kier alpha value is -1.83. The summed E-state index contributed by atoms with van der Waals surface area (Å²) < 4.78 is 5.21. The first kappa shape index (κ1) is 19.5. The Morgan fingerprint density at radius 3 is 1.89 bits per heavy atom. The second-order valence-corrected chi connectivity index (χ2v) is 3.64. The smallest absolute Gasteiger partial charge is 0.218 e. The van der Waals surface area contributed by atoms with Crippen LogP contribution in [-0.4, -0.2) is 4.98 Å². The van der Waals surface area contributed by atoms with Crippen molar-refractivity contribution in [1.29, 1.82) is 0 Å². The van der Waals surface area contributed by atoms with Gasteiger partial charge in [-0.3, -0.25) is 0 Å². The average molecular weight is 261 g/mol. The molecule has 0 aliphatic carbocycles. The lowest BCUT2D eigenvalue weighted by atomic mass is 10.2. The van der Waals surface area contributed by atoms with E-state index in [0.717, 1.165) is 11.1 Å². The van der Waals surface area contributed by atoms with E-state index in [2.05, 4.69) is 18.1 Å². The molecule has 0 amide bonds. The van der Waals surface area contributed by atoms with Gasteiger partial charge in [0.25, 0.3) is 0 Å². The molecule has 1 heterocycles. The molecule has 0 unspecified atom stereocenters. The van der Waals surface area contributed by atoms with E-state index >= 15 is 0 Å². The summed E-state index contributed by atoms with van der Waals surface area (Å²) >= 11 is 0. The van der Waals surface area contributed by atoms with Crippen LogP contribution < -0.4 is 4.74 Å². The van der Waals surface area contributed by atoms with Gasteiger partial charge in [0.15, 0.2) is 0 Å². The molecule has 0 bridgehead atoms. The fraction of sp³-hybridized carbons (Fsp3) is 0.353. The number of nitrogens with zero attached hydrogens (tertiary/aromatic N) is 1. The number of aromatic nitrogens is 1. The molecular formula is C17H27NO. The SMILES string of the molecule is C/C=C\C.C=C(C)Oc1ccc(C(=C)C)cn1.CC. The third-order valence-electron chi connectivity index (χ3n) is 1.84. The number of ether oxygens (including phenoxy) is 1. The van der Waals surface area contributed by atoms with E-state index in [9.17, 15) is 0 Å². The Kier molecular flexibility index (Phi) is 13.0. The quantitative estimate of drug-likeness (QED) is 0.519. The molecule has 19 heavy (non-hydrogen) atoms. The summed E-state index contributed by atoms with van der Waals surface area (Å²) in [7, 11) is 0. The van der Waals surface area contributed by atoms with E-state index in [-0.39, 0.29) is 0 Å². The summed E-state index contributed by atoms with van der Waals surface area (Å²) in [5.41, 5.74) is 2.02. The van der Waals surface area contributed by atoms with Gasteiger partial charge in [0, 0.05) is 12.3 Å². The van der Waals surface area contributed by atoms with Gasteiger partial charge >= 0.3 is 0 Å². The fourth-order valence-corrected chi connectivity index (χ4v) is 0.872. The predicted molar refractivity (Wildman–Crippen MR) is 86.2 cm³/mol. The van der Waals surface area contributed by atoms with E-state index in [1.54, 1.807) is 19.2 Å². The summed E-state index contributed by atoms with van der Waals surface area (Å²) in [4.78, 5) is 4.10. The van der Waals surface area contributed by atoms with Crippen molar-refractivity contribution in [2.75, 3.05) is 0 Å². The van der Waals surface area contributed by atoms with Gasteiger partial charge in [-0.25, -0.2) is 4.98 Å². The van der Waals surface area contributed by atoms with E-state index in [1.165, 1.54) is 0 Å². The Balaban J connectivity index is 0. The van der Waals surface area contributed by atoms with E-state index in [0.29, 0.717) is 11.6 Å². The molecule has 0 saturated carbocycles. The van der Waals surface area contributed by atoms with E-state index in [4.69, 9.17) is 4.74 Å². The Morgan fingerprint density at radius 1 is 1.11 bits per heavy atom. The van der Waals surface area contributed by atoms with Crippen LogP contribution in [0.25, 0.3) is 5.57 Å². The minimum Gasteiger partial charge on any atom is -0.444 e. The van der Waals surface area contributed by atoms with Crippen LogP contribution in [0.3, 0.4) is 0 Å². The molecule has 0 N–H and O–H groups in total. The van der Waals surface area contributed by atoms with Crippen molar-refractivity contribution < 1.29 is 4.74 Å². The Bertz CT molecular complexity index is 384. The number of allylic oxidation sites excluding steroid dienone is 4. The van der Waals surface area contributed by atoms with Crippen molar-refractivity contribution in [2.45, 2.75) is 41.5 Å². The lowest BCUT2D eigenvalue weighted by Crippen LogP contribution is -1.91. The summed E-state index contributed by atoms with van der Waals surface area (Å²) in [6.45, 7) is 19.2. The summed E-state index contributed by atoms with van der Waals surface area (Å²) in [5, 5.41) is 0. The average Bonchev–Trinajstić information content (AvgIpc) is 2.41. The van der Waals surface area contributed by atoms with Crippen LogP contribution in [0.5, 0.6) is 5.88 Å². The first-order valence-corrected chi connectivity index (χ1v) is 6.53. The molecule has 2 heteroatoms. The van der Waals surface area contributed by atoms with Gasteiger partial charge in [-0.05, 0) is 44.9 Å². The third-order valence-corrected chi connectivity index (χ3v) is 1.84. The van der Waals surface area contributed by atoms with Gasteiger partial charge in [-0.1, -0.05) is 39.2 Å². The molecule has 0 fully saturated rings. The molecule has 2 nitrogen and oxygen atoms in total. The maximum absolute atomic E-state index is 5.21. The first-order valence-electron chi connectivity index (χ1n) is 6.53. The predicted octanol–water partition coefficient (Wildman–Crippen LogP) is 5.64. The lowest BCUT2D eigenvalue weighted by molar-refractivity contribution is 0.413. The number of rotatable bonds is 3. The topological polar surface area (TPSA) is 22.1 Å². The molecule has 1 rings (SSSR count). The number of hydrogen-bond donors (Lipinski definition) is 0. The first-order chi connectivity index (χ1) is 9.01. The van der Waals surface area contributed by atoms with Gasteiger partial charge in [0.1, 0.15) is 0 Å². The van der Waals surface area contributed by atoms with Crippen molar-refractivity contribution in [3.63, 3.8) is 0 Å². The zero-order valence-electron chi connectivity index (χ0n) is 13.2. The molecule has 106 valence electrons. The molecule has 0 saturated heterocycles. The van der Waals surface area contributed by atoms with Gasteiger partial charge in [-0.15, -0.1) is 0 Å². The maximum atomic E-state index is 5.21. The van der Waals surface area contributed by atoms with Gasteiger partial charge in [-0.2, -0.15) is 0 Å². The third kappa shape index (κ3) is 11.0. The molecule has 0 aliphatic heterocycles. The monoisotopic (exact) mass is 261 g/mol. The van der Waals surface area contributed by atoms with Crippen LogP contribution in [0, 0.1) is 0 Å². The van der Waals surface area contributed by atoms with E-state index < -0.39 is 0 Å². The van der Waals surface area contributed by atoms with Crippen LogP contribution in [0.2, 0.25) is 0 Å². The van der Waals surface area contributed by atoms with Crippen molar-refractivity contribution >= 4 is 5.57 Å². The molecular weight excluding hydrogens is 234 g/mol. The van der Waals surface area contributed by atoms with Gasteiger partial charge < -0.3 is 4.74 Å². The molecule has 0 spiro atoms.